The van der Waals surface area contributed by atoms with E-state index in [1.807, 2.05) is 11.9 Å². The van der Waals surface area contributed by atoms with Crippen molar-refractivity contribution in [2.45, 2.75) is 12.5 Å². The van der Waals surface area contributed by atoms with Crippen LogP contribution < -0.4 is 10.6 Å². The van der Waals surface area contributed by atoms with Crippen molar-refractivity contribution in [2.75, 3.05) is 23.5 Å². The van der Waals surface area contributed by atoms with Gasteiger partial charge in [-0.05, 0) is 12.5 Å². The molecule has 1 aromatic rings. The van der Waals surface area contributed by atoms with Gasteiger partial charge in [-0.15, -0.1) is 0 Å². The summed E-state index contributed by atoms with van der Waals surface area (Å²) in [6.45, 7) is 0. The molecule has 6 nitrogen and oxygen atoms in total. The predicted octanol–water partition coefficient (Wildman–Crippen LogP) is -0.0110. The molecule has 0 aliphatic carbocycles. The molecule has 98 valence electrons. The Morgan fingerprint density at radius 1 is 1.61 bits per heavy atom. The average molecular weight is 268 g/mol. The summed E-state index contributed by atoms with van der Waals surface area (Å²) in [5.41, 5.74) is 6.80. The van der Waals surface area contributed by atoms with E-state index in [4.69, 9.17) is 11.1 Å². The second-order valence-electron chi connectivity index (χ2n) is 4.47. The van der Waals surface area contributed by atoms with Crippen molar-refractivity contribution in [3.63, 3.8) is 0 Å². The van der Waals surface area contributed by atoms with Gasteiger partial charge in [0.25, 0.3) is 0 Å². The monoisotopic (exact) mass is 268 g/mol. The highest BCUT2D eigenvalue weighted by Gasteiger charge is 2.31. The van der Waals surface area contributed by atoms with E-state index in [0.717, 1.165) is 0 Å². The number of nitrogens with two attached hydrogens (primary N) is 1. The quantitative estimate of drug-likeness (QED) is 0.593. The van der Waals surface area contributed by atoms with Crippen LogP contribution in [-0.4, -0.2) is 43.8 Å². The molecule has 0 spiro atoms. The minimum absolute atomic E-state index is 0.0416. The van der Waals surface area contributed by atoms with Gasteiger partial charge in [-0.1, -0.05) is 0 Å². The summed E-state index contributed by atoms with van der Waals surface area (Å²) < 4.78 is 23.0. The summed E-state index contributed by atoms with van der Waals surface area (Å²) >= 11 is 0. The second-order valence-corrected chi connectivity index (χ2v) is 6.70. The fourth-order valence-electron chi connectivity index (χ4n) is 2.17. The highest BCUT2D eigenvalue weighted by molar-refractivity contribution is 7.91. The first-order chi connectivity index (χ1) is 8.41. The Morgan fingerprint density at radius 3 is 2.89 bits per heavy atom. The summed E-state index contributed by atoms with van der Waals surface area (Å²) in [7, 11) is -1.11. The summed E-state index contributed by atoms with van der Waals surface area (Å²) in [6.07, 6.45) is 3.78. The highest BCUT2D eigenvalue weighted by atomic mass is 32.2. The minimum atomic E-state index is -2.93. The number of sulfone groups is 1. The molecule has 0 aromatic carbocycles. The molecule has 3 N–H and O–H groups in total. The fraction of sp³-hybridized carbons (Fsp3) is 0.455. The van der Waals surface area contributed by atoms with Gasteiger partial charge in [-0.25, -0.2) is 8.42 Å². The Balaban J connectivity index is 2.30. The van der Waals surface area contributed by atoms with Crippen molar-refractivity contribution in [1.29, 1.82) is 5.41 Å². The van der Waals surface area contributed by atoms with Crippen LogP contribution in [0.2, 0.25) is 0 Å². The lowest BCUT2D eigenvalue weighted by Gasteiger charge is -2.27. The molecule has 2 rings (SSSR count). The summed E-state index contributed by atoms with van der Waals surface area (Å²) in [4.78, 5) is 5.87. The third kappa shape index (κ3) is 2.45. The number of nitrogens with one attached hydrogen (secondary N) is 1. The molecule has 1 saturated heterocycles. The van der Waals surface area contributed by atoms with Crippen molar-refractivity contribution in [3.8, 4) is 0 Å². The first-order valence-electron chi connectivity index (χ1n) is 5.62. The van der Waals surface area contributed by atoms with E-state index >= 15 is 0 Å². The first-order valence-corrected chi connectivity index (χ1v) is 7.44. The zero-order valence-corrected chi connectivity index (χ0v) is 10.9. The normalized spacial score (nSPS) is 21.7. The molecule has 1 aliphatic rings. The van der Waals surface area contributed by atoms with E-state index in [9.17, 15) is 8.42 Å². The fourth-order valence-corrected chi connectivity index (χ4v) is 3.95. The number of amidine groups is 1. The van der Waals surface area contributed by atoms with Crippen LogP contribution >= 0.6 is 0 Å². The lowest BCUT2D eigenvalue weighted by molar-refractivity contribution is 0.601. The van der Waals surface area contributed by atoms with Gasteiger partial charge >= 0.3 is 0 Å². The number of nitrogens with zero attached hydrogens (tertiary/aromatic N) is 2. The van der Waals surface area contributed by atoms with Crippen LogP contribution in [0.3, 0.4) is 0 Å². The first kappa shape index (κ1) is 12.8. The Hall–Kier alpha value is -1.63. The maximum Gasteiger partial charge on any atom is 0.152 e. The molecule has 7 heteroatoms. The van der Waals surface area contributed by atoms with Crippen molar-refractivity contribution in [1.82, 2.24) is 4.98 Å². The highest BCUT2D eigenvalue weighted by Crippen LogP contribution is 2.24. The molecule has 1 unspecified atom stereocenters. The number of aromatic nitrogens is 1. The largest absolute Gasteiger partial charge is 0.384 e. The predicted molar refractivity (Wildman–Crippen MR) is 70.7 cm³/mol. The van der Waals surface area contributed by atoms with E-state index in [1.165, 1.54) is 0 Å². The van der Waals surface area contributed by atoms with Gasteiger partial charge in [-0.2, -0.15) is 0 Å². The zero-order chi connectivity index (χ0) is 13.3. The van der Waals surface area contributed by atoms with Gasteiger partial charge in [0, 0.05) is 24.8 Å². The molecule has 0 amide bonds. The maximum absolute atomic E-state index is 11.5. The number of rotatable bonds is 3. The number of hydrogen-bond donors (Lipinski definition) is 2. The lowest BCUT2D eigenvalue weighted by atomic mass is 10.1. The van der Waals surface area contributed by atoms with Gasteiger partial charge < -0.3 is 10.6 Å². The Bertz CT molecular complexity index is 570. The molecule has 18 heavy (non-hydrogen) atoms. The molecule has 0 saturated carbocycles. The molecule has 0 radical (unpaired) electrons. The van der Waals surface area contributed by atoms with E-state index in [-0.39, 0.29) is 23.4 Å². The van der Waals surface area contributed by atoms with Crippen molar-refractivity contribution >= 4 is 21.4 Å². The number of pyridine rings is 1. The summed E-state index contributed by atoms with van der Waals surface area (Å²) in [6, 6.07) is 1.59. The van der Waals surface area contributed by atoms with Crippen LogP contribution in [0.25, 0.3) is 0 Å². The summed E-state index contributed by atoms with van der Waals surface area (Å²) in [5.74, 6) is 0.327. The second kappa shape index (κ2) is 4.56. The Morgan fingerprint density at radius 2 is 2.33 bits per heavy atom. The van der Waals surface area contributed by atoms with Gasteiger partial charge in [0.15, 0.2) is 9.84 Å². The molecular formula is C11H16N4O2S. The minimum Gasteiger partial charge on any atom is -0.384 e. The molecule has 1 aliphatic heterocycles. The number of hydrogen-bond acceptors (Lipinski definition) is 5. The van der Waals surface area contributed by atoms with E-state index in [2.05, 4.69) is 4.98 Å². The third-order valence-electron chi connectivity index (χ3n) is 3.23. The van der Waals surface area contributed by atoms with Gasteiger partial charge in [0.2, 0.25) is 0 Å². The average Bonchev–Trinajstić information content (AvgIpc) is 2.68. The van der Waals surface area contributed by atoms with Crippen LogP contribution in [0.4, 0.5) is 5.69 Å². The van der Waals surface area contributed by atoms with E-state index in [1.54, 1.807) is 18.5 Å². The van der Waals surface area contributed by atoms with Crippen LogP contribution in [0.1, 0.15) is 12.0 Å². The standard InChI is InChI=1S/C11H16N4O2S/c1-15(8-3-5-18(16,17)7-8)10-6-14-4-2-9(10)11(12)13/h2,4,6,8H,3,5,7H2,1H3,(H3,12,13). The molecular weight excluding hydrogens is 252 g/mol. The molecule has 1 atom stereocenters. The molecule has 2 heterocycles. The Kier molecular flexibility index (Phi) is 3.25. The van der Waals surface area contributed by atoms with Crippen LogP contribution in [0, 0.1) is 5.41 Å². The van der Waals surface area contributed by atoms with Crippen LogP contribution in [0.5, 0.6) is 0 Å². The molecule has 1 fully saturated rings. The van der Waals surface area contributed by atoms with Gasteiger partial charge in [0.1, 0.15) is 5.84 Å². The smallest absolute Gasteiger partial charge is 0.152 e. The van der Waals surface area contributed by atoms with Crippen molar-refractivity contribution in [2.24, 2.45) is 5.73 Å². The Labute approximate surface area is 106 Å². The molecule has 1 aromatic heterocycles. The van der Waals surface area contributed by atoms with Crippen molar-refractivity contribution in [3.05, 3.63) is 24.0 Å². The number of nitrogen functional groups attached to an aromatic ring is 1. The molecule has 0 bridgehead atoms. The lowest BCUT2D eigenvalue weighted by Crippen LogP contribution is -2.34. The third-order valence-corrected chi connectivity index (χ3v) is 4.98. The van der Waals surface area contributed by atoms with Crippen LogP contribution in [-0.2, 0) is 9.84 Å². The van der Waals surface area contributed by atoms with Crippen LogP contribution in [0.15, 0.2) is 18.5 Å². The SMILES string of the molecule is CN(c1cnccc1C(=N)N)C1CCS(=O)(=O)C1. The summed E-state index contributed by atoms with van der Waals surface area (Å²) in [5, 5.41) is 7.52. The van der Waals surface area contributed by atoms with E-state index < -0.39 is 9.84 Å². The van der Waals surface area contributed by atoms with E-state index in [0.29, 0.717) is 17.7 Å². The van der Waals surface area contributed by atoms with Gasteiger partial charge in [-0.3, -0.25) is 10.4 Å². The number of anilines is 1. The maximum atomic E-state index is 11.5. The van der Waals surface area contributed by atoms with Crippen molar-refractivity contribution < 1.29 is 8.42 Å². The zero-order valence-electron chi connectivity index (χ0n) is 10.1. The topological polar surface area (TPSA) is 100 Å². The van der Waals surface area contributed by atoms with Gasteiger partial charge in [0.05, 0.1) is 23.4 Å².